The topological polar surface area (TPSA) is 88.7 Å². The lowest BCUT2D eigenvalue weighted by Gasteiger charge is -2.15. The van der Waals surface area contributed by atoms with Gasteiger partial charge in [-0.25, -0.2) is 4.98 Å². The van der Waals surface area contributed by atoms with Gasteiger partial charge in [-0.1, -0.05) is 26.2 Å². The summed E-state index contributed by atoms with van der Waals surface area (Å²) >= 11 is 0. The third-order valence-electron chi connectivity index (χ3n) is 5.54. The molecule has 156 valence electrons. The summed E-state index contributed by atoms with van der Waals surface area (Å²) in [5, 5.41) is 16.7. The number of anilines is 2. The van der Waals surface area contributed by atoms with Crippen molar-refractivity contribution >= 4 is 11.6 Å². The van der Waals surface area contributed by atoms with Crippen LogP contribution in [0.2, 0.25) is 0 Å². The minimum atomic E-state index is -0.779. The van der Waals surface area contributed by atoms with E-state index in [0.29, 0.717) is 23.9 Å². The summed E-state index contributed by atoms with van der Waals surface area (Å²) in [5.41, 5.74) is 0.568. The highest BCUT2D eigenvalue weighted by Crippen LogP contribution is 2.28. The maximum absolute atomic E-state index is 14.2. The predicted molar refractivity (Wildman–Crippen MR) is 108 cm³/mol. The fourth-order valence-corrected chi connectivity index (χ4v) is 3.48. The molecule has 1 saturated carbocycles. The van der Waals surface area contributed by atoms with Crippen LogP contribution < -0.4 is 10.1 Å². The van der Waals surface area contributed by atoms with Gasteiger partial charge in [0.05, 0.1) is 36.5 Å². The van der Waals surface area contributed by atoms with Gasteiger partial charge in [0.25, 0.3) is 5.88 Å². The Balaban J connectivity index is 1.69. The molecule has 0 radical (unpaired) electrons. The molecule has 2 aromatic rings. The Kier molecular flexibility index (Phi) is 6.36. The van der Waals surface area contributed by atoms with E-state index in [-0.39, 0.29) is 11.8 Å². The molecule has 29 heavy (non-hydrogen) atoms. The van der Waals surface area contributed by atoms with Crippen molar-refractivity contribution in [2.24, 2.45) is 11.8 Å². The van der Waals surface area contributed by atoms with E-state index >= 15 is 0 Å². The highest BCUT2D eigenvalue weighted by molar-refractivity contribution is 5.55. The molecule has 1 aliphatic rings. The van der Waals surface area contributed by atoms with Crippen molar-refractivity contribution in [1.82, 2.24) is 19.7 Å². The van der Waals surface area contributed by atoms with Crippen LogP contribution in [0, 0.1) is 35.9 Å². The van der Waals surface area contributed by atoms with Crippen LogP contribution in [0.3, 0.4) is 0 Å². The fourth-order valence-electron chi connectivity index (χ4n) is 3.48. The van der Waals surface area contributed by atoms with E-state index in [0.717, 1.165) is 25.0 Å². The number of aryl methyl sites for hydroxylation is 1. The van der Waals surface area contributed by atoms with Crippen molar-refractivity contribution < 1.29 is 9.13 Å². The third kappa shape index (κ3) is 5.22. The first-order valence-electron chi connectivity index (χ1n) is 10.2. The third-order valence-corrected chi connectivity index (χ3v) is 5.54. The molecular weight excluding hydrogens is 371 g/mol. The largest absolute Gasteiger partial charge is 0.475 e. The first-order chi connectivity index (χ1) is 13.8. The van der Waals surface area contributed by atoms with E-state index in [1.54, 1.807) is 24.7 Å². The Morgan fingerprint density at radius 3 is 2.90 bits per heavy atom. The van der Waals surface area contributed by atoms with E-state index < -0.39 is 11.4 Å². The number of ether oxygens (including phenoxy) is 1. The number of nitrogens with zero attached hydrogens (tertiary/aromatic N) is 5. The molecule has 0 aromatic carbocycles. The Morgan fingerprint density at radius 2 is 2.14 bits per heavy atom. The van der Waals surface area contributed by atoms with Crippen LogP contribution in [0.25, 0.3) is 0 Å². The summed E-state index contributed by atoms with van der Waals surface area (Å²) in [6, 6.07) is 2.21. The maximum Gasteiger partial charge on any atom is 0.255 e. The summed E-state index contributed by atoms with van der Waals surface area (Å²) in [6.45, 7) is 8.12. The SMILES string of the molecule is Cc1nn(C(C)(C)C#N)cc1Nc1ncc(F)c(OCC2CCCC(C)CC2)n1. The standard InChI is InChI=1S/C21H29FN6O/c1-14-6-5-7-16(9-8-14)12-29-19-17(22)10-24-20(26-19)25-18-11-28(27-15(18)2)21(3,4)13-23/h10-11,14,16H,5-9,12H2,1-4H3,(H,24,25,26). The first kappa shape index (κ1) is 21.0. The minimum absolute atomic E-state index is 0.0396. The summed E-state index contributed by atoms with van der Waals surface area (Å²) in [4.78, 5) is 8.21. The zero-order valence-electron chi connectivity index (χ0n) is 17.6. The molecule has 1 aliphatic carbocycles. The highest BCUT2D eigenvalue weighted by atomic mass is 19.1. The van der Waals surface area contributed by atoms with Gasteiger partial charge in [-0.05, 0) is 45.4 Å². The molecule has 2 unspecified atom stereocenters. The molecule has 8 heteroatoms. The summed E-state index contributed by atoms with van der Waals surface area (Å²) in [6.07, 6.45) is 8.67. The van der Waals surface area contributed by atoms with Crippen LogP contribution >= 0.6 is 0 Å². The van der Waals surface area contributed by atoms with Crippen LogP contribution in [0.15, 0.2) is 12.4 Å². The van der Waals surface area contributed by atoms with Gasteiger partial charge in [-0.2, -0.15) is 19.7 Å². The molecule has 0 spiro atoms. The predicted octanol–water partition coefficient (Wildman–Crippen LogP) is 4.72. The molecule has 0 saturated heterocycles. The molecule has 2 atom stereocenters. The van der Waals surface area contributed by atoms with Gasteiger partial charge < -0.3 is 10.1 Å². The van der Waals surface area contributed by atoms with E-state index in [1.807, 2.05) is 6.92 Å². The van der Waals surface area contributed by atoms with Crippen LogP contribution in [-0.2, 0) is 5.54 Å². The highest BCUT2D eigenvalue weighted by Gasteiger charge is 2.22. The van der Waals surface area contributed by atoms with Crippen LogP contribution in [0.1, 0.15) is 58.6 Å². The molecule has 2 aromatic heterocycles. The zero-order chi connectivity index (χ0) is 21.0. The van der Waals surface area contributed by atoms with Gasteiger partial charge in [0.1, 0.15) is 5.54 Å². The van der Waals surface area contributed by atoms with E-state index in [4.69, 9.17) is 4.74 Å². The average molecular weight is 401 g/mol. The maximum atomic E-state index is 14.2. The second-order valence-corrected chi connectivity index (χ2v) is 8.51. The first-order valence-corrected chi connectivity index (χ1v) is 10.2. The molecule has 3 rings (SSSR count). The lowest BCUT2D eigenvalue weighted by molar-refractivity contribution is 0.216. The molecule has 1 N–H and O–H groups in total. The zero-order valence-corrected chi connectivity index (χ0v) is 17.6. The lowest BCUT2D eigenvalue weighted by atomic mass is 10.0. The average Bonchev–Trinajstić information content (AvgIpc) is 2.93. The van der Waals surface area contributed by atoms with Gasteiger partial charge in [0, 0.05) is 0 Å². The molecule has 7 nitrogen and oxygen atoms in total. The Morgan fingerprint density at radius 1 is 1.34 bits per heavy atom. The quantitative estimate of drug-likeness (QED) is 0.706. The minimum Gasteiger partial charge on any atom is -0.475 e. The number of rotatable bonds is 6. The van der Waals surface area contributed by atoms with Crippen molar-refractivity contribution in [1.29, 1.82) is 5.26 Å². The number of halogens is 1. The molecule has 1 fully saturated rings. The van der Waals surface area contributed by atoms with Crippen molar-refractivity contribution in [3.8, 4) is 11.9 Å². The lowest BCUT2D eigenvalue weighted by Crippen LogP contribution is -2.24. The van der Waals surface area contributed by atoms with Gasteiger partial charge >= 0.3 is 0 Å². The van der Waals surface area contributed by atoms with Crippen molar-refractivity contribution in [2.75, 3.05) is 11.9 Å². The smallest absolute Gasteiger partial charge is 0.255 e. The van der Waals surface area contributed by atoms with E-state index in [1.165, 1.54) is 19.3 Å². The summed E-state index contributed by atoms with van der Waals surface area (Å²) in [5.74, 6) is 0.798. The van der Waals surface area contributed by atoms with Crippen molar-refractivity contribution in [3.63, 3.8) is 0 Å². The Hall–Kier alpha value is -2.69. The second-order valence-electron chi connectivity index (χ2n) is 8.51. The van der Waals surface area contributed by atoms with Gasteiger partial charge in [0.2, 0.25) is 11.8 Å². The monoisotopic (exact) mass is 400 g/mol. The number of hydrogen-bond donors (Lipinski definition) is 1. The van der Waals surface area contributed by atoms with E-state index in [2.05, 4.69) is 33.4 Å². The Labute approximate surface area is 171 Å². The Bertz CT molecular complexity index is 888. The molecule has 0 amide bonds. The van der Waals surface area contributed by atoms with Crippen LogP contribution in [-0.4, -0.2) is 26.4 Å². The second kappa shape index (κ2) is 8.76. The van der Waals surface area contributed by atoms with Gasteiger partial charge in [0.15, 0.2) is 0 Å². The molecule has 0 aliphatic heterocycles. The molecule has 2 heterocycles. The number of nitriles is 1. The summed E-state index contributed by atoms with van der Waals surface area (Å²) in [7, 11) is 0. The van der Waals surface area contributed by atoms with Crippen molar-refractivity contribution in [2.45, 2.75) is 65.3 Å². The number of aromatic nitrogens is 4. The van der Waals surface area contributed by atoms with Crippen LogP contribution in [0.4, 0.5) is 16.0 Å². The van der Waals surface area contributed by atoms with Crippen LogP contribution in [0.5, 0.6) is 5.88 Å². The van der Waals surface area contributed by atoms with E-state index in [9.17, 15) is 9.65 Å². The van der Waals surface area contributed by atoms with Gasteiger partial charge in [-0.15, -0.1) is 0 Å². The number of nitrogens with one attached hydrogen (secondary N) is 1. The molecule has 0 bridgehead atoms. The summed E-state index contributed by atoms with van der Waals surface area (Å²) < 4.78 is 21.5. The fraction of sp³-hybridized carbons (Fsp3) is 0.619. The normalized spacial score (nSPS) is 20.0. The van der Waals surface area contributed by atoms with Crippen molar-refractivity contribution in [3.05, 3.63) is 23.9 Å². The van der Waals surface area contributed by atoms with Gasteiger partial charge in [-0.3, -0.25) is 4.68 Å². The number of hydrogen-bond acceptors (Lipinski definition) is 6. The molecular formula is C21H29FN6O.